The third kappa shape index (κ3) is 5.89. The Hall–Kier alpha value is -1.44. The van der Waals surface area contributed by atoms with Crippen LogP contribution in [0.2, 0.25) is 0 Å². The van der Waals surface area contributed by atoms with Crippen LogP contribution in [0.1, 0.15) is 50.8 Å². The Kier molecular flexibility index (Phi) is 7.86. The normalized spacial score (nSPS) is 13.3. The zero-order valence-electron chi connectivity index (χ0n) is 15.0. The van der Waals surface area contributed by atoms with Gasteiger partial charge in [0.1, 0.15) is 5.75 Å². The van der Waals surface area contributed by atoms with E-state index in [4.69, 9.17) is 5.73 Å². The lowest BCUT2D eigenvalue weighted by atomic mass is 9.99. The highest BCUT2D eigenvalue weighted by Gasteiger charge is 2.22. The molecule has 1 unspecified atom stereocenters. The second-order valence-corrected chi connectivity index (χ2v) is 8.04. The SMILES string of the molecule is CCN(CC)S(=O)(=O)CC(=O)NCC(N)c1ccc(C(C)C)cc1. The fourth-order valence-electron chi connectivity index (χ4n) is 2.39. The van der Waals surface area contributed by atoms with Crippen LogP contribution in [0, 0.1) is 0 Å². The fraction of sp³-hybridized carbons (Fsp3) is 0.588. The predicted molar refractivity (Wildman–Crippen MR) is 97.2 cm³/mol. The molecule has 24 heavy (non-hydrogen) atoms. The average molecular weight is 356 g/mol. The molecular formula is C17H29N3O3S. The van der Waals surface area contributed by atoms with Crippen molar-refractivity contribution in [1.82, 2.24) is 9.62 Å². The van der Waals surface area contributed by atoms with Gasteiger partial charge in [-0.1, -0.05) is 52.0 Å². The molecule has 0 aliphatic carbocycles. The van der Waals surface area contributed by atoms with Gasteiger partial charge >= 0.3 is 0 Å². The summed E-state index contributed by atoms with van der Waals surface area (Å²) >= 11 is 0. The molecule has 1 atom stereocenters. The topological polar surface area (TPSA) is 92.5 Å². The number of rotatable bonds is 9. The third-order valence-electron chi connectivity index (χ3n) is 3.96. The largest absolute Gasteiger partial charge is 0.353 e. The fourth-order valence-corrected chi connectivity index (χ4v) is 3.80. The molecule has 0 fully saturated rings. The summed E-state index contributed by atoms with van der Waals surface area (Å²) in [5.74, 6) is -0.635. The van der Waals surface area contributed by atoms with Gasteiger partial charge in [0, 0.05) is 25.7 Å². The summed E-state index contributed by atoms with van der Waals surface area (Å²) < 4.78 is 25.4. The lowest BCUT2D eigenvalue weighted by Crippen LogP contribution is -2.41. The van der Waals surface area contributed by atoms with Gasteiger partial charge in [0.2, 0.25) is 15.9 Å². The van der Waals surface area contributed by atoms with Gasteiger partial charge in [0.15, 0.2) is 0 Å². The molecule has 3 N–H and O–H groups in total. The molecular weight excluding hydrogens is 326 g/mol. The van der Waals surface area contributed by atoms with Crippen molar-refractivity contribution < 1.29 is 13.2 Å². The molecule has 0 radical (unpaired) electrons. The van der Waals surface area contributed by atoms with Crippen molar-refractivity contribution in [2.45, 2.75) is 39.7 Å². The summed E-state index contributed by atoms with van der Waals surface area (Å²) in [6.45, 7) is 8.64. The summed E-state index contributed by atoms with van der Waals surface area (Å²) in [5.41, 5.74) is 8.20. The molecule has 1 amide bonds. The van der Waals surface area contributed by atoms with Crippen LogP contribution in [0.3, 0.4) is 0 Å². The molecule has 0 bridgehead atoms. The van der Waals surface area contributed by atoms with Crippen LogP contribution in [0.25, 0.3) is 0 Å². The third-order valence-corrected chi connectivity index (χ3v) is 5.89. The minimum absolute atomic E-state index is 0.202. The van der Waals surface area contributed by atoms with Crippen molar-refractivity contribution in [3.05, 3.63) is 35.4 Å². The van der Waals surface area contributed by atoms with Crippen molar-refractivity contribution in [3.8, 4) is 0 Å². The quantitative estimate of drug-likeness (QED) is 0.704. The standard InChI is InChI=1S/C17H29N3O3S/c1-5-20(6-2)24(22,23)12-17(21)19-11-16(18)15-9-7-14(8-10-15)13(3)4/h7-10,13,16H,5-6,11-12,18H2,1-4H3,(H,19,21). The van der Waals surface area contributed by atoms with Crippen LogP contribution < -0.4 is 11.1 Å². The number of benzene rings is 1. The van der Waals surface area contributed by atoms with Gasteiger partial charge < -0.3 is 11.1 Å². The molecule has 1 rings (SSSR count). The van der Waals surface area contributed by atoms with E-state index in [1.165, 1.54) is 9.87 Å². The number of nitrogens with zero attached hydrogens (tertiary/aromatic N) is 1. The molecule has 0 spiro atoms. The Morgan fingerprint density at radius 2 is 1.62 bits per heavy atom. The zero-order valence-corrected chi connectivity index (χ0v) is 15.8. The zero-order chi connectivity index (χ0) is 18.3. The van der Waals surface area contributed by atoms with Gasteiger partial charge in [-0.2, -0.15) is 0 Å². The van der Waals surface area contributed by atoms with Crippen molar-refractivity contribution in [3.63, 3.8) is 0 Å². The molecule has 0 saturated carbocycles. The van der Waals surface area contributed by atoms with E-state index in [2.05, 4.69) is 19.2 Å². The lowest BCUT2D eigenvalue weighted by Gasteiger charge is -2.19. The Morgan fingerprint density at radius 3 is 2.08 bits per heavy atom. The highest BCUT2D eigenvalue weighted by molar-refractivity contribution is 7.89. The maximum Gasteiger partial charge on any atom is 0.236 e. The van der Waals surface area contributed by atoms with Gasteiger partial charge in [-0.05, 0) is 17.0 Å². The lowest BCUT2D eigenvalue weighted by molar-refractivity contribution is -0.118. The van der Waals surface area contributed by atoms with Gasteiger partial charge in [0.25, 0.3) is 0 Å². The summed E-state index contributed by atoms with van der Waals surface area (Å²) in [5, 5.41) is 2.61. The number of nitrogens with one attached hydrogen (secondary N) is 1. The summed E-state index contributed by atoms with van der Waals surface area (Å²) in [7, 11) is -3.57. The first-order valence-corrected chi connectivity index (χ1v) is 9.92. The molecule has 136 valence electrons. The monoisotopic (exact) mass is 355 g/mol. The smallest absolute Gasteiger partial charge is 0.236 e. The van der Waals surface area contributed by atoms with Crippen LogP contribution in [-0.4, -0.2) is 44.0 Å². The van der Waals surface area contributed by atoms with Crippen LogP contribution in [0.4, 0.5) is 0 Å². The van der Waals surface area contributed by atoms with E-state index in [0.29, 0.717) is 19.0 Å². The Morgan fingerprint density at radius 1 is 1.12 bits per heavy atom. The molecule has 0 heterocycles. The number of hydrogen-bond acceptors (Lipinski definition) is 4. The molecule has 1 aromatic carbocycles. The van der Waals surface area contributed by atoms with Crippen molar-refractivity contribution in [2.24, 2.45) is 5.73 Å². The van der Waals surface area contributed by atoms with Crippen LogP contribution >= 0.6 is 0 Å². The Balaban J connectivity index is 2.57. The second kappa shape index (κ2) is 9.15. The highest BCUT2D eigenvalue weighted by Crippen LogP contribution is 2.17. The second-order valence-electron chi connectivity index (χ2n) is 6.07. The number of hydrogen-bond donors (Lipinski definition) is 2. The van der Waals surface area contributed by atoms with E-state index in [-0.39, 0.29) is 12.6 Å². The first kappa shape index (κ1) is 20.6. The molecule has 0 saturated heterocycles. The maximum atomic E-state index is 12.1. The molecule has 1 aromatic rings. The van der Waals surface area contributed by atoms with Gasteiger partial charge in [-0.15, -0.1) is 0 Å². The summed E-state index contributed by atoms with van der Waals surface area (Å²) in [6, 6.07) is 7.56. The summed E-state index contributed by atoms with van der Waals surface area (Å²) in [6.07, 6.45) is 0. The van der Waals surface area contributed by atoms with Crippen molar-refractivity contribution >= 4 is 15.9 Å². The first-order valence-electron chi connectivity index (χ1n) is 8.31. The predicted octanol–water partition coefficient (Wildman–Crippen LogP) is 1.60. The molecule has 6 nitrogen and oxygen atoms in total. The summed E-state index contributed by atoms with van der Waals surface area (Å²) in [4.78, 5) is 11.9. The van der Waals surface area contributed by atoms with E-state index >= 15 is 0 Å². The number of amides is 1. The van der Waals surface area contributed by atoms with Crippen molar-refractivity contribution in [2.75, 3.05) is 25.4 Å². The number of sulfonamides is 1. The number of carbonyl (C=O) groups is 1. The Labute approximate surface area is 145 Å². The molecule has 7 heteroatoms. The van der Waals surface area contributed by atoms with Gasteiger partial charge in [0.05, 0.1) is 0 Å². The van der Waals surface area contributed by atoms with E-state index < -0.39 is 21.7 Å². The van der Waals surface area contributed by atoms with E-state index in [1.807, 2.05) is 24.3 Å². The molecule has 0 aliphatic rings. The first-order chi connectivity index (χ1) is 11.2. The van der Waals surface area contributed by atoms with Crippen LogP contribution in [-0.2, 0) is 14.8 Å². The number of carbonyl (C=O) groups excluding carboxylic acids is 1. The Bertz CT molecular complexity index is 623. The highest BCUT2D eigenvalue weighted by atomic mass is 32.2. The van der Waals surface area contributed by atoms with E-state index in [0.717, 1.165) is 5.56 Å². The minimum Gasteiger partial charge on any atom is -0.353 e. The minimum atomic E-state index is -3.57. The van der Waals surface area contributed by atoms with Gasteiger partial charge in [-0.25, -0.2) is 12.7 Å². The number of nitrogens with two attached hydrogens (primary N) is 1. The van der Waals surface area contributed by atoms with Crippen LogP contribution in [0.5, 0.6) is 0 Å². The van der Waals surface area contributed by atoms with E-state index in [1.54, 1.807) is 13.8 Å². The molecule has 0 aliphatic heterocycles. The van der Waals surface area contributed by atoms with E-state index in [9.17, 15) is 13.2 Å². The van der Waals surface area contributed by atoms with Crippen molar-refractivity contribution in [1.29, 1.82) is 0 Å². The van der Waals surface area contributed by atoms with Gasteiger partial charge in [-0.3, -0.25) is 4.79 Å². The molecule has 0 aromatic heterocycles. The average Bonchev–Trinajstić information content (AvgIpc) is 2.53. The van der Waals surface area contributed by atoms with Crippen LogP contribution in [0.15, 0.2) is 24.3 Å². The maximum absolute atomic E-state index is 12.1.